The average Bonchev–Trinajstić information content (AvgIpc) is 2.42. The minimum Gasteiger partial charge on any atom is -0.329 e. The van der Waals surface area contributed by atoms with E-state index < -0.39 is 0 Å². The Morgan fingerprint density at radius 3 is 2.17 bits per heavy atom. The maximum Gasteiger partial charge on any atom is 0.0246 e. The third-order valence-electron chi connectivity index (χ3n) is 5.54. The van der Waals surface area contributed by atoms with Gasteiger partial charge >= 0.3 is 0 Å². The van der Waals surface area contributed by atoms with Crippen LogP contribution in [0, 0.1) is 17.8 Å². The number of rotatable bonds is 4. The Balaban J connectivity index is 1.85. The van der Waals surface area contributed by atoms with Gasteiger partial charge in [-0.1, -0.05) is 33.1 Å². The molecule has 1 saturated heterocycles. The molecule has 0 bridgehead atoms. The molecule has 0 spiro atoms. The first kappa shape index (κ1) is 14.3. The van der Waals surface area contributed by atoms with E-state index in [9.17, 15) is 0 Å². The second kappa shape index (κ2) is 6.91. The topological polar surface area (TPSA) is 29.3 Å². The molecule has 1 heterocycles. The molecular weight excluding hydrogens is 220 g/mol. The maximum atomic E-state index is 6.09. The lowest BCUT2D eigenvalue weighted by molar-refractivity contribution is 0.0765. The molecule has 2 heteroatoms. The fraction of sp³-hybridized carbons (Fsp3) is 1.00. The summed E-state index contributed by atoms with van der Waals surface area (Å²) < 4.78 is 0. The van der Waals surface area contributed by atoms with Gasteiger partial charge in [0.2, 0.25) is 0 Å². The molecule has 0 aromatic carbocycles. The van der Waals surface area contributed by atoms with Gasteiger partial charge in [-0.25, -0.2) is 0 Å². The second-order valence-electron chi connectivity index (χ2n) is 6.71. The SMILES string of the molecule is CCC1CCN(C(CN)C2CCC(C)CC2)CC1. The Labute approximate surface area is 113 Å². The van der Waals surface area contributed by atoms with Crippen molar-refractivity contribution in [3.8, 4) is 0 Å². The fourth-order valence-electron chi connectivity index (χ4n) is 4.00. The lowest BCUT2D eigenvalue weighted by atomic mass is 9.78. The van der Waals surface area contributed by atoms with Crippen molar-refractivity contribution in [2.75, 3.05) is 19.6 Å². The summed E-state index contributed by atoms with van der Waals surface area (Å²) in [5.41, 5.74) is 6.09. The number of nitrogens with zero attached hydrogens (tertiary/aromatic N) is 1. The molecule has 2 aliphatic rings. The van der Waals surface area contributed by atoms with Gasteiger partial charge in [-0.15, -0.1) is 0 Å². The summed E-state index contributed by atoms with van der Waals surface area (Å²) in [5, 5.41) is 0. The Morgan fingerprint density at radius 2 is 1.67 bits per heavy atom. The van der Waals surface area contributed by atoms with Gasteiger partial charge < -0.3 is 5.73 Å². The van der Waals surface area contributed by atoms with Crippen LogP contribution in [0.2, 0.25) is 0 Å². The highest BCUT2D eigenvalue weighted by Gasteiger charge is 2.31. The van der Waals surface area contributed by atoms with Crippen molar-refractivity contribution in [2.24, 2.45) is 23.5 Å². The number of hydrogen-bond donors (Lipinski definition) is 1. The van der Waals surface area contributed by atoms with E-state index >= 15 is 0 Å². The van der Waals surface area contributed by atoms with Gasteiger partial charge in [-0.05, 0) is 56.5 Å². The third kappa shape index (κ3) is 3.48. The van der Waals surface area contributed by atoms with Crippen molar-refractivity contribution >= 4 is 0 Å². The summed E-state index contributed by atoms with van der Waals surface area (Å²) >= 11 is 0. The van der Waals surface area contributed by atoms with Crippen LogP contribution in [0.15, 0.2) is 0 Å². The highest BCUT2D eigenvalue weighted by atomic mass is 15.2. The molecule has 1 aliphatic heterocycles. The Hall–Kier alpha value is -0.0800. The van der Waals surface area contributed by atoms with Crippen molar-refractivity contribution in [1.82, 2.24) is 4.90 Å². The van der Waals surface area contributed by atoms with Crippen LogP contribution in [-0.2, 0) is 0 Å². The van der Waals surface area contributed by atoms with E-state index in [-0.39, 0.29) is 0 Å². The molecule has 106 valence electrons. The van der Waals surface area contributed by atoms with Crippen LogP contribution in [0.5, 0.6) is 0 Å². The van der Waals surface area contributed by atoms with E-state index in [4.69, 9.17) is 5.73 Å². The maximum absolute atomic E-state index is 6.09. The summed E-state index contributed by atoms with van der Waals surface area (Å²) in [7, 11) is 0. The standard InChI is InChI=1S/C16H32N2/c1-3-14-8-10-18(11-9-14)16(12-17)15-6-4-13(2)5-7-15/h13-16H,3-12,17H2,1-2H3. The molecule has 0 amide bonds. The van der Waals surface area contributed by atoms with E-state index in [1.807, 2.05) is 0 Å². The zero-order chi connectivity index (χ0) is 13.0. The predicted octanol–water partition coefficient (Wildman–Crippen LogP) is 3.26. The van der Waals surface area contributed by atoms with Crippen molar-refractivity contribution in [2.45, 2.75) is 64.8 Å². The molecule has 1 saturated carbocycles. The van der Waals surface area contributed by atoms with E-state index in [0.29, 0.717) is 6.04 Å². The quantitative estimate of drug-likeness (QED) is 0.832. The zero-order valence-corrected chi connectivity index (χ0v) is 12.4. The number of nitrogens with two attached hydrogens (primary N) is 1. The van der Waals surface area contributed by atoms with E-state index in [2.05, 4.69) is 18.7 Å². The minimum atomic E-state index is 0.676. The molecule has 1 aliphatic carbocycles. The summed E-state index contributed by atoms with van der Waals surface area (Å²) in [6.07, 6.45) is 9.83. The van der Waals surface area contributed by atoms with Gasteiger partial charge in [0, 0.05) is 12.6 Å². The molecule has 0 aromatic rings. The number of likely N-dealkylation sites (tertiary alicyclic amines) is 1. The van der Waals surface area contributed by atoms with Gasteiger partial charge in [-0.3, -0.25) is 4.90 Å². The van der Waals surface area contributed by atoms with Crippen LogP contribution >= 0.6 is 0 Å². The van der Waals surface area contributed by atoms with Gasteiger partial charge in [0.1, 0.15) is 0 Å². The summed E-state index contributed by atoms with van der Waals surface area (Å²) in [6, 6.07) is 0.676. The number of hydrogen-bond acceptors (Lipinski definition) is 2. The second-order valence-corrected chi connectivity index (χ2v) is 6.71. The van der Waals surface area contributed by atoms with Crippen molar-refractivity contribution in [3.05, 3.63) is 0 Å². The zero-order valence-electron chi connectivity index (χ0n) is 12.4. The Kier molecular flexibility index (Phi) is 5.50. The summed E-state index contributed by atoms with van der Waals surface area (Å²) in [4.78, 5) is 2.72. The average molecular weight is 252 g/mol. The van der Waals surface area contributed by atoms with Crippen LogP contribution in [0.4, 0.5) is 0 Å². The van der Waals surface area contributed by atoms with Crippen LogP contribution in [0.1, 0.15) is 58.8 Å². The van der Waals surface area contributed by atoms with Gasteiger partial charge in [0.05, 0.1) is 0 Å². The van der Waals surface area contributed by atoms with Crippen molar-refractivity contribution < 1.29 is 0 Å². The van der Waals surface area contributed by atoms with E-state index in [1.165, 1.54) is 58.0 Å². The lowest BCUT2D eigenvalue weighted by Gasteiger charge is -2.42. The smallest absolute Gasteiger partial charge is 0.0246 e. The first-order valence-corrected chi connectivity index (χ1v) is 8.18. The molecular formula is C16H32N2. The molecule has 2 fully saturated rings. The van der Waals surface area contributed by atoms with Crippen molar-refractivity contribution in [1.29, 1.82) is 0 Å². The first-order chi connectivity index (χ1) is 8.74. The van der Waals surface area contributed by atoms with Crippen LogP contribution in [0.25, 0.3) is 0 Å². The third-order valence-corrected chi connectivity index (χ3v) is 5.54. The molecule has 0 radical (unpaired) electrons. The monoisotopic (exact) mass is 252 g/mol. The first-order valence-electron chi connectivity index (χ1n) is 8.18. The Morgan fingerprint density at radius 1 is 1.06 bits per heavy atom. The highest BCUT2D eigenvalue weighted by Crippen LogP contribution is 2.33. The van der Waals surface area contributed by atoms with Crippen molar-refractivity contribution in [3.63, 3.8) is 0 Å². The molecule has 18 heavy (non-hydrogen) atoms. The molecule has 2 N–H and O–H groups in total. The minimum absolute atomic E-state index is 0.676. The molecule has 2 nitrogen and oxygen atoms in total. The van der Waals surface area contributed by atoms with Gasteiger partial charge in [0.15, 0.2) is 0 Å². The summed E-state index contributed by atoms with van der Waals surface area (Å²) in [5.74, 6) is 2.81. The van der Waals surface area contributed by atoms with Gasteiger partial charge in [-0.2, -0.15) is 0 Å². The van der Waals surface area contributed by atoms with E-state index in [1.54, 1.807) is 0 Å². The molecule has 1 unspecified atom stereocenters. The summed E-state index contributed by atoms with van der Waals surface area (Å²) in [6.45, 7) is 8.21. The normalized spacial score (nSPS) is 33.5. The highest BCUT2D eigenvalue weighted by molar-refractivity contribution is 4.86. The largest absolute Gasteiger partial charge is 0.329 e. The lowest BCUT2D eigenvalue weighted by Crippen LogP contribution is -2.49. The fourth-order valence-corrected chi connectivity index (χ4v) is 4.00. The van der Waals surface area contributed by atoms with Crippen LogP contribution in [0.3, 0.4) is 0 Å². The molecule has 1 atom stereocenters. The number of piperidine rings is 1. The van der Waals surface area contributed by atoms with Gasteiger partial charge in [0.25, 0.3) is 0 Å². The predicted molar refractivity (Wildman–Crippen MR) is 78.6 cm³/mol. The van der Waals surface area contributed by atoms with Crippen LogP contribution in [-0.4, -0.2) is 30.6 Å². The van der Waals surface area contributed by atoms with Crippen LogP contribution < -0.4 is 5.73 Å². The van der Waals surface area contributed by atoms with E-state index in [0.717, 1.165) is 24.3 Å². The molecule has 2 rings (SSSR count). The molecule has 0 aromatic heterocycles. The Bertz CT molecular complexity index is 225.